The third-order valence-electron chi connectivity index (χ3n) is 4.97. The number of hydrogen-bond donors (Lipinski definition) is 0. The van der Waals surface area contributed by atoms with Crippen molar-refractivity contribution in [1.29, 1.82) is 0 Å². The van der Waals surface area contributed by atoms with Crippen molar-refractivity contribution in [1.82, 2.24) is 9.88 Å². The predicted molar refractivity (Wildman–Crippen MR) is 118 cm³/mol. The van der Waals surface area contributed by atoms with Gasteiger partial charge in [-0.1, -0.05) is 23.2 Å². The number of carbonyl (C=O) groups is 2. The number of aromatic nitrogens is 1. The van der Waals surface area contributed by atoms with Gasteiger partial charge in [-0.3, -0.25) is 4.79 Å². The highest BCUT2D eigenvalue weighted by Crippen LogP contribution is 2.41. The Bertz CT molecular complexity index is 851. The summed E-state index contributed by atoms with van der Waals surface area (Å²) in [5.41, 5.74) is -2.46. The number of pyridine rings is 1. The summed E-state index contributed by atoms with van der Waals surface area (Å²) in [5, 5.41) is -0.117. The van der Waals surface area contributed by atoms with Gasteiger partial charge in [-0.25, -0.2) is 14.2 Å². The summed E-state index contributed by atoms with van der Waals surface area (Å²) in [6, 6.07) is 0.879. The number of hydrogen-bond acceptors (Lipinski definition) is 5. The molecule has 0 unspecified atom stereocenters. The first kappa shape index (κ1) is 25.7. The third-order valence-corrected chi connectivity index (χ3v) is 5.43. The number of amides is 1. The van der Waals surface area contributed by atoms with Crippen molar-refractivity contribution >= 4 is 35.3 Å². The van der Waals surface area contributed by atoms with Gasteiger partial charge in [0.2, 0.25) is 0 Å². The minimum absolute atomic E-state index is 0.00118. The topological polar surface area (TPSA) is 68.7 Å². The van der Waals surface area contributed by atoms with E-state index < -0.39 is 34.5 Å². The molecule has 31 heavy (non-hydrogen) atoms. The van der Waals surface area contributed by atoms with Gasteiger partial charge in [0.05, 0.1) is 16.1 Å². The molecule has 6 nitrogen and oxygen atoms in total. The van der Waals surface area contributed by atoms with Crippen LogP contribution in [-0.2, 0) is 20.7 Å². The van der Waals surface area contributed by atoms with E-state index in [-0.39, 0.29) is 47.7 Å². The summed E-state index contributed by atoms with van der Waals surface area (Å²) >= 11 is 11.9. The van der Waals surface area contributed by atoms with Gasteiger partial charge in [0.25, 0.3) is 0 Å². The molecular weight excluding hydrogens is 446 g/mol. The largest absolute Gasteiger partial charge is 0.460 e. The van der Waals surface area contributed by atoms with Gasteiger partial charge < -0.3 is 14.4 Å². The van der Waals surface area contributed by atoms with Crippen LogP contribution in [-0.4, -0.2) is 45.7 Å². The van der Waals surface area contributed by atoms with Gasteiger partial charge in [-0.15, -0.1) is 0 Å². The van der Waals surface area contributed by atoms with Crippen LogP contribution < -0.4 is 0 Å². The van der Waals surface area contributed by atoms with E-state index in [0.717, 1.165) is 0 Å². The van der Waals surface area contributed by atoms with Crippen molar-refractivity contribution in [2.75, 3.05) is 6.54 Å². The highest BCUT2D eigenvalue weighted by atomic mass is 35.5. The van der Waals surface area contributed by atoms with E-state index in [1.807, 2.05) is 6.92 Å². The van der Waals surface area contributed by atoms with E-state index in [1.54, 1.807) is 46.4 Å². The minimum Gasteiger partial charge on any atom is -0.460 e. The Morgan fingerprint density at radius 3 is 2.29 bits per heavy atom. The molecule has 1 aliphatic heterocycles. The molecule has 2 rings (SSSR count). The summed E-state index contributed by atoms with van der Waals surface area (Å²) in [4.78, 5) is 31.6. The van der Waals surface area contributed by atoms with Crippen LogP contribution in [0.2, 0.25) is 10.2 Å². The molecule has 174 valence electrons. The normalized spacial score (nSPS) is 22.3. The first-order valence-electron chi connectivity index (χ1n) is 10.3. The van der Waals surface area contributed by atoms with Crippen LogP contribution in [0.25, 0.3) is 0 Å². The SMILES string of the molecule is C[C@@H]1C[C@](Cc2nc(Cl)cc(Cl)c2F)(C(=O)OC(C)(C)C)CCN1C(=O)OC(C)(C)C. The molecule has 0 spiro atoms. The van der Waals surface area contributed by atoms with Gasteiger partial charge in [-0.05, 0) is 67.4 Å². The molecule has 2 atom stereocenters. The fraction of sp³-hybridized carbons (Fsp3) is 0.682. The maximum absolute atomic E-state index is 14.7. The van der Waals surface area contributed by atoms with Crippen LogP contribution in [0.1, 0.15) is 67.0 Å². The van der Waals surface area contributed by atoms with Crippen molar-refractivity contribution in [3.63, 3.8) is 0 Å². The van der Waals surface area contributed by atoms with Crippen LogP contribution >= 0.6 is 23.2 Å². The van der Waals surface area contributed by atoms with E-state index in [9.17, 15) is 14.0 Å². The highest BCUT2D eigenvalue weighted by Gasteiger charge is 2.49. The molecular formula is C22H31Cl2FN2O4. The zero-order chi connectivity index (χ0) is 23.8. The maximum Gasteiger partial charge on any atom is 0.410 e. The van der Waals surface area contributed by atoms with Crippen molar-refractivity contribution in [2.45, 2.75) is 85.0 Å². The van der Waals surface area contributed by atoms with E-state index in [0.29, 0.717) is 0 Å². The first-order valence-corrected chi connectivity index (χ1v) is 11.0. The van der Waals surface area contributed by atoms with Crippen molar-refractivity contribution in [2.24, 2.45) is 5.41 Å². The Morgan fingerprint density at radius 1 is 1.19 bits per heavy atom. The number of rotatable bonds is 3. The Labute approximate surface area is 193 Å². The number of likely N-dealkylation sites (tertiary alicyclic amines) is 1. The minimum atomic E-state index is -1.09. The molecule has 2 heterocycles. The zero-order valence-corrected chi connectivity index (χ0v) is 20.7. The summed E-state index contributed by atoms with van der Waals surface area (Å²) in [5.74, 6) is -1.18. The quantitative estimate of drug-likeness (QED) is 0.406. The predicted octanol–water partition coefficient (Wildman–Crippen LogP) is 5.82. The molecule has 0 aromatic carbocycles. The summed E-state index contributed by atoms with van der Waals surface area (Å²) in [7, 11) is 0. The van der Waals surface area contributed by atoms with Crippen LogP contribution in [0.5, 0.6) is 0 Å². The van der Waals surface area contributed by atoms with Crippen molar-refractivity contribution in [3.05, 3.63) is 27.8 Å². The highest BCUT2D eigenvalue weighted by molar-refractivity contribution is 6.34. The van der Waals surface area contributed by atoms with Crippen molar-refractivity contribution in [3.8, 4) is 0 Å². The molecule has 0 aliphatic carbocycles. The molecule has 0 bridgehead atoms. The van der Waals surface area contributed by atoms with Gasteiger partial charge in [0.1, 0.15) is 16.4 Å². The molecule has 0 N–H and O–H groups in total. The van der Waals surface area contributed by atoms with E-state index in [2.05, 4.69) is 4.98 Å². The summed E-state index contributed by atoms with van der Waals surface area (Å²) < 4.78 is 25.9. The lowest BCUT2D eigenvalue weighted by Gasteiger charge is -2.44. The average Bonchev–Trinajstić information content (AvgIpc) is 2.56. The standard InChI is InChI=1S/C22H31Cl2FN2O4/c1-13-11-22(18(28)30-20(2,3)4,8-9-27(13)19(29)31-21(5,6)7)12-15-17(25)14(23)10-16(24)26-15/h10,13H,8-9,11-12H2,1-7H3/t13-,22-/m1/s1. The number of esters is 1. The third kappa shape index (κ3) is 6.69. The monoisotopic (exact) mass is 476 g/mol. The van der Waals surface area contributed by atoms with Gasteiger partial charge in [0.15, 0.2) is 5.82 Å². The Hall–Kier alpha value is -1.60. The van der Waals surface area contributed by atoms with Gasteiger partial charge >= 0.3 is 12.1 Å². The first-order chi connectivity index (χ1) is 14.0. The Morgan fingerprint density at radius 2 is 1.77 bits per heavy atom. The number of halogens is 3. The number of ether oxygens (including phenoxy) is 2. The lowest BCUT2D eigenvalue weighted by molar-refractivity contribution is -0.172. The zero-order valence-electron chi connectivity index (χ0n) is 19.1. The molecule has 0 saturated carbocycles. The molecule has 1 aliphatic rings. The van der Waals surface area contributed by atoms with Gasteiger partial charge in [0, 0.05) is 19.0 Å². The Balaban J connectivity index is 2.37. The van der Waals surface area contributed by atoms with E-state index in [4.69, 9.17) is 32.7 Å². The summed E-state index contributed by atoms with van der Waals surface area (Å²) in [6.45, 7) is 12.8. The number of nitrogens with zero attached hydrogens (tertiary/aromatic N) is 2. The maximum atomic E-state index is 14.7. The fourth-order valence-electron chi connectivity index (χ4n) is 3.68. The lowest BCUT2D eigenvalue weighted by Crippen LogP contribution is -2.54. The Kier molecular flexibility index (Phi) is 7.53. The van der Waals surface area contributed by atoms with Crippen LogP contribution in [0.3, 0.4) is 0 Å². The number of carbonyl (C=O) groups excluding carboxylic acids is 2. The second kappa shape index (κ2) is 9.10. The van der Waals surface area contributed by atoms with E-state index in [1.165, 1.54) is 6.07 Å². The number of piperidine rings is 1. The molecule has 1 fully saturated rings. The lowest BCUT2D eigenvalue weighted by atomic mass is 9.72. The second-order valence-electron chi connectivity index (χ2n) is 10.1. The van der Waals surface area contributed by atoms with Crippen molar-refractivity contribution < 1.29 is 23.5 Å². The van der Waals surface area contributed by atoms with Crippen LogP contribution in [0, 0.1) is 11.2 Å². The molecule has 1 amide bonds. The second-order valence-corrected chi connectivity index (χ2v) is 10.9. The molecule has 9 heteroatoms. The van der Waals surface area contributed by atoms with Gasteiger partial charge in [-0.2, -0.15) is 0 Å². The van der Waals surface area contributed by atoms with Crippen LogP contribution in [0.15, 0.2) is 6.07 Å². The summed E-state index contributed by atoms with van der Waals surface area (Å²) in [6.07, 6.45) is 0.0249. The molecule has 1 saturated heterocycles. The fourth-order valence-corrected chi connectivity index (χ4v) is 4.16. The molecule has 0 radical (unpaired) electrons. The average molecular weight is 477 g/mol. The van der Waals surface area contributed by atoms with E-state index >= 15 is 0 Å². The molecule has 1 aromatic rings. The smallest absolute Gasteiger partial charge is 0.410 e. The van der Waals surface area contributed by atoms with Crippen LogP contribution in [0.4, 0.5) is 9.18 Å². The molecule has 1 aromatic heterocycles.